The number of hydrogen-bond acceptors (Lipinski definition) is 4. The molecule has 36 heavy (non-hydrogen) atoms. The Kier molecular flexibility index (Phi) is 6.14. The van der Waals surface area contributed by atoms with Gasteiger partial charge in [-0.1, -0.05) is 35.9 Å². The summed E-state index contributed by atoms with van der Waals surface area (Å²) in [5.74, 6) is -0.870. The third-order valence-electron chi connectivity index (χ3n) is 6.96. The zero-order valence-electron chi connectivity index (χ0n) is 20.3. The topological polar surface area (TPSA) is 92.0 Å². The van der Waals surface area contributed by atoms with E-state index >= 15 is 0 Å². The van der Waals surface area contributed by atoms with E-state index in [1.807, 2.05) is 19.1 Å². The molecule has 1 aliphatic heterocycles. The summed E-state index contributed by atoms with van der Waals surface area (Å²) in [4.78, 5) is 25.6. The predicted octanol–water partition coefficient (Wildman–Crippen LogP) is 5.96. The lowest BCUT2D eigenvalue weighted by Crippen LogP contribution is -2.39. The van der Waals surface area contributed by atoms with Gasteiger partial charge in [-0.15, -0.1) is 0 Å². The molecule has 4 aromatic rings. The van der Waals surface area contributed by atoms with Crippen LogP contribution >= 0.6 is 0 Å². The maximum Gasteiger partial charge on any atom is 0.409 e. The van der Waals surface area contributed by atoms with Crippen molar-refractivity contribution in [3.63, 3.8) is 0 Å². The zero-order valence-corrected chi connectivity index (χ0v) is 20.3. The van der Waals surface area contributed by atoms with Gasteiger partial charge in [0.05, 0.1) is 18.2 Å². The number of aromatic hydroxyl groups is 1. The molecule has 7 heteroatoms. The van der Waals surface area contributed by atoms with Gasteiger partial charge in [0.25, 0.3) is 0 Å². The first-order chi connectivity index (χ1) is 17.4. The molecule has 7 nitrogen and oxygen atoms in total. The Bertz CT molecular complexity index is 1440. The Hall–Kier alpha value is -4.26. The number of amides is 1. The quantitative estimate of drug-likeness (QED) is 0.373. The van der Waals surface area contributed by atoms with Crippen molar-refractivity contribution < 1.29 is 24.5 Å². The molecular formula is C29H28N2O5. The summed E-state index contributed by atoms with van der Waals surface area (Å²) in [5, 5.41) is 21.2. The minimum atomic E-state index is -0.993. The van der Waals surface area contributed by atoms with Gasteiger partial charge in [0.1, 0.15) is 5.75 Å². The molecule has 0 saturated carbocycles. The van der Waals surface area contributed by atoms with Crippen LogP contribution in [0.1, 0.15) is 40.4 Å². The van der Waals surface area contributed by atoms with Gasteiger partial charge in [-0.05, 0) is 61.7 Å². The van der Waals surface area contributed by atoms with E-state index in [4.69, 9.17) is 4.74 Å². The van der Waals surface area contributed by atoms with Crippen molar-refractivity contribution in [1.29, 1.82) is 0 Å². The summed E-state index contributed by atoms with van der Waals surface area (Å²) in [6.45, 7) is 3.15. The molecule has 0 spiro atoms. The molecule has 1 atom stereocenters. The summed E-state index contributed by atoms with van der Waals surface area (Å²) in [5.41, 5.74) is 5.77. The number of rotatable bonds is 4. The maximum absolute atomic E-state index is 12.4. The number of likely N-dealkylation sites (tertiary alicyclic amines) is 1. The fourth-order valence-electron chi connectivity index (χ4n) is 5.27. The largest absolute Gasteiger partial charge is 0.507 e. The average molecular weight is 485 g/mol. The Labute approximate surface area is 209 Å². The molecule has 1 unspecified atom stereocenters. The van der Waals surface area contributed by atoms with Crippen LogP contribution in [0.3, 0.4) is 0 Å². The average Bonchev–Trinajstić information content (AvgIpc) is 3.25. The maximum atomic E-state index is 12.4. The Balaban J connectivity index is 1.81. The molecule has 0 radical (unpaired) electrons. The smallest absolute Gasteiger partial charge is 0.409 e. The number of aromatic nitrogens is 1. The molecule has 5 rings (SSSR count). The van der Waals surface area contributed by atoms with Crippen molar-refractivity contribution in [1.82, 2.24) is 9.47 Å². The van der Waals surface area contributed by atoms with Crippen LogP contribution in [0.2, 0.25) is 0 Å². The number of carbonyl (C=O) groups is 2. The monoisotopic (exact) mass is 484 g/mol. The van der Waals surface area contributed by atoms with Crippen molar-refractivity contribution >= 4 is 23.0 Å². The fraction of sp³-hybridized carbons (Fsp3) is 0.241. The predicted molar refractivity (Wildman–Crippen MR) is 138 cm³/mol. The first kappa shape index (κ1) is 23.5. The summed E-state index contributed by atoms with van der Waals surface area (Å²) in [7, 11) is 1.39. The number of piperidine rings is 1. The molecule has 1 fully saturated rings. The molecule has 1 aromatic heterocycles. The van der Waals surface area contributed by atoms with Crippen molar-refractivity contribution in [2.75, 3.05) is 20.2 Å². The Morgan fingerprint density at radius 2 is 1.72 bits per heavy atom. The van der Waals surface area contributed by atoms with Crippen LogP contribution in [-0.2, 0) is 4.74 Å². The molecule has 184 valence electrons. The molecule has 2 N–H and O–H groups in total. The number of aromatic carboxylic acids is 1. The number of benzene rings is 3. The SMILES string of the molecule is COC(=O)N1CCCC(c2c(-c3ccc(C(=O)O)cc3)c3c(O)cccc3n2-c2ccc(C)cc2)C1. The number of aryl methyl sites for hydroxylation is 1. The van der Waals surface area contributed by atoms with E-state index in [9.17, 15) is 19.8 Å². The first-order valence-corrected chi connectivity index (χ1v) is 12.0. The van der Waals surface area contributed by atoms with Crippen molar-refractivity contribution in [3.05, 3.63) is 83.6 Å². The number of methoxy groups -OCH3 is 1. The van der Waals surface area contributed by atoms with Gasteiger partial charge in [0.2, 0.25) is 0 Å². The van der Waals surface area contributed by atoms with Gasteiger partial charge >= 0.3 is 12.1 Å². The van der Waals surface area contributed by atoms with Crippen LogP contribution < -0.4 is 0 Å². The molecule has 1 amide bonds. The first-order valence-electron chi connectivity index (χ1n) is 12.0. The second-order valence-electron chi connectivity index (χ2n) is 9.24. The van der Waals surface area contributed by atoms with E-state index in [-0.39, 0.29) is 23.3 Å². The van der Waals surface area contributed by atoms with E-state index in [0.29, 0.717) is 18.5 Å². The van der Waals surface area contributed by atoms with Gasteiger partial charge in [-0.25, -0.2) is 9.59 Å². The number of phenols is 1. The van der Waals surface area contributed by atoms with Gasteiger partial charge in [0, 0.05) is 41.3 Å². The molecule has 0 bridgehead atoms. The minimum absolute atomic E-state index is 0.0277. The number of nitrogens with zero attached hydrogens (tertiary/aromatic N) is 2. The molecular weight excluding hydrogens is 456 g/mol. The third-order valence-corrected chi connectivity index (χ3v) is 6.96. The molecule has 3 aromatic carbocycles. The second-order valence-corrected chi connectivity index (χ2v) is 9.24. The summed E-state index contributed by atoms with van der Waals surface area (Å²) in [6, 6.07) is 20.4. The number of fused-ring (bicyclic) bond motifs is 1. The highest BCUT2D eigenvalue weighted by Crippen LogP contribution is 2.46. The molecule has 1 aliphatic rings. The number of carboxylic acids is 1. The Morgan fingerprint density at radius 3 is 2.39 bits per heavy atom. The van der Waals surface area contributed by atoms with Crippen LogP contribution in [0.4, 0.5) is 4.79 Å². The molecule has 1 saturated heterocycles. The number of phenolic OH excluding ortho intramolecular Hbond substituents is 1. The van der Waals surface area contributed by atoms with Crippen molar-refractivity contribution in [2.45, 2.75) is 25.7 Å². The number of hydrogen-bond donors (Lipinski definition) is 2. The lowest BCUT2D eigenvalue weighted by molar-refractivity contribution is 0.0696. The van der Waals surface area contributed by atoms with Gasteiger partial charge in [0.15, 0.2) is 0 Å². The highest BCUT2D eigenvalue weighted by atomic mass is 16.5. The number of carboxylic acid groups (broad SMARTS) is 1. The van der Waals surface area contributed by atoms with E-state index in [1.54, 1.807) is 35.2 Å². The van der Waals surface area contributed by atoms with Crippen LogP contribution in [0.5, 0.6) is 5.75 Å². The summed E-state index contributed by atoms with van der Waals surface area (Å²) >= 11 is 0. The highest BCUT2D eigenvalue weighted by Gasteiger charge is 2.32. The van der Waals surface area contributed by atoms with Crippen molar-refractivity contribution in [2.24, 2.45) is 0 Å². The second kappa shape index (κ2) is 9.41. The van der Waals surface area contributed by atoms with Crippen LogP contribution in [0, 0.1) is 6.92 Å². The van der Waals surface area contributed by atoms with Crippen molar-refractivity contribution in [3.8, 4) is 22.6 Å². The zero-order chi connectivity index (χ0) is 25.4. The standard InChI is InChI=1S/C29H28N2O5/c1-18-8-14-22(15-9-18)31-23-6-3-7-24(32)26(23)25(19-10-12-20(13-11-19)28(33)34)27(31)21-5-4-16-30(17-21)29(35)36-2/h3,6-15,21,32H,4-5,16-17H2,1-2H3,(H,33,34). The lowest BCUT2D eigenvalue weighted by atomic mass is 9.89. The number of ether oxygens (including phenoxy) is 1. The van der Waals surface area contributed by atoms with Gasteiger partial charge in [-0.2, -0.15) is 0 Å². The van der Waals surface area contributed by atoms with E-state index in [1.165, 1.54) is 7.11 Å². The number of carbonyl (C=O) groups excluding carboxylic acids is 1. The summed E-state index contributed by atoms with van der Waals surface area (Å²) < 4.78 is 7.18. The van der Waals surface area contributed by atoms with E-state index in [2.05, 4.69) is 28.8 Å². The van der Waals surface area contributed by atoms with Gasteiger partial charge in [-0.3, -0.25) is 0 Å². The van der Waals surface area contributed by atoms with Crippen LogP contribution in [0.25, 0.3) is 27.7 Å². The highest BCUT2D eigenvalue weighted by molar-refractivity contribution is 6.03. The summed E-state index contributed by atoms with van der Waals surface area (Å²) in [6.07, 6.45) is 1.32. The lowest BCUT2D eigenvalue weighted by Gasteiger charge is -2.33. The minimum Gasteiger partial charge on any atom is -0.507 e. The van der Waals surface area contributed by atoms with Crippen LogP contribution in [0.15, 0.2) is 66.7 Å². The Morgan fingerprint density at radius 1 is 1.00 bits per heavy atom. The van der Waals surface area contributed by atoms with Crippen LogP contribution in [-0.4, -0.2) is 51.9 Å². The fourth-order valence-corrected chi connectivity index (χ4v) is 5.27. The van der Waals surface area contributed by atoms with Gasteiger partial charge < -0.3 is 24.4 Å². The molecule has 2 heterocycles. The third kappa shape index (κ3) is 4.06. The molecule has 0 aliphatic carbocycles. The normalized spacial score (nSPS) is 15.7. The van der Waals surface area contributed by atoms with E-state index < -0.39 is 5.97 Å². The van der Waals surface area contributed by atoms with E-state index in [0.717, 1.165) is 46.4 Å².